The van der Waals surface area contributed by atoms with Crippen LogP contribution in [0.4, 0.5) is 0 Å². The molecule has 2 aromatic heterocycles. The van der Waals surface area contributed by atoms with Gasteiger partial charge in [0.15, 0.2) is 5.82 Å². The summed E-state index contributed by atoms with van der Waals surface area (Å²) in [6.07, 6.45) is 5.66. The van der Waals surface area contributed by atoms with Gasteiger partial charge >= 0.3 is 0 Å². The first kappa shape index (κ1) is 11.1. The van der Waals surface area contributed by atoms with Gasteiger partial charge in [-0.2, -0.15) is 9.61 Å². The summed E-state index contributed by atoms with van der Waals surface area (Å²) in [6.45, 7) is 2.84. The highest BCUT2D eigenvalue weighted by Crippen LogP contribution is 2.43. The van der Waals surface area contributed by atoms with E-state index >= 15 is 0 Å². The zero-order chi connectivity index (χ0) is 11.9. The summed E-state index contributed by atoms with van der Waals surface area (Å²) in [7, 11) is 0. The number of nitrogens with zero attached hydrogens (tertiary/aromatic N) is 4. The first-order valence-electron chi connectivity index (χ1n) is 6.16. The van der Waals surface area contributed by atoms with E-state index in [1.807, 2.05) is 4.52 Å². The molecular formula is C11H17N5S. The second-order valence-corrected chi connectivity index (χ2v) is 5.93. The van der Waals surface area contributed by atoms with Crippen LogP contribution in [0.5, 0.6) is 0 Å². The van der Waals surface area contributed by atoms with Gasteiger partial charge in [-0.1, -0.05) is 24.7 Å². The molecule has 2 heterocycles. The average molecular weight is 251 g/mol. The zero-order valence-corrected chi connectivity index (χ0v) is 10.8. The molecule has 0 radical (unpaired) electrons. The van der Waals surface area contributed by atoms with Crippen molar-refractivity contribution in [3.63, 3.8) is 0 Å². The van der Waals surface area contributed by atoms with E-state index in [0.29, 0.717) is 5.41 Å². The Morgan fingerprint density at radius 1 is 1.41 bits per heavy atom. The second-order valence-electron chi connectivity index (χ2n) is 4.89. The van der Waals surface area contributed by atoms with Crippen molar-refractivity contribution >= 4 is 16.3 Å². The molecule has 0 aromatic carbocycles. The fourth-order valence-corrected chi connectivity index (χ4v) is 3.47. The maximum absolute atomic E-state index is 5.88. The molecule has 17 heavy (non-hydrogen) atoms. The third-order valence-corrected chi connectivity index (χ3v) is 4.69. The Morgan fingerprint density at radius 2 is 2.24 bits per heavy atom. The van der Waals surface area contributed by atoms with Crippen molar-refractivity contribution in [1.29, 1.82) is 0 Å². The predicted octanol–water partition coefficient (Wildman–Crippen LogP) is 1.42. The number of aromatic nitrogens is 4. The lowest BCUT2D eigenvalue weighted by molar-refractivity contribution is 0.144. The third kappa shape index (κ3) is 1.75. The highest BCUT2D eigenvalue weighted by Gasteiger charge is 2.36. The van der Waals surface area contributed by atoms with Crippen LogP contribution in [0.15, 0.2) is 0 Å². The third-order valence-electron chi connectivity index (χ3n) is 3.79. The van der Waals surface area contributed by atoms with Crippen molar-refractivity contribution in [1.82, 2.24) is 19.8 Å². The molecular weight excluding hydrogens is 234 g/mol. The van der Waals surface area contributed by atoms with Gasteiger partial charge in [-0.3, -0.25) is 0 Å². The molecule has 1 fully saturated rings. The molecule has 0 amide bonds. The average Bonchev–Trinajstić information content (AvgIpc) is 2.82. The van der Waals surface area contributed by atoms with Crippen LogP contribution < -0.4 is 5.73 Å². The first-order valence-corrected chi connectivity index (χ1v) is 6.98. The van der Waals surface area contributed by atoms with Crippen molar-refractivity contribution < 1.29 is 0 Å². The van der Waals surface area contributed by atoms with Crippen LogP contribution in [0.25, 0.3) is 4.96 Å². The maximum atomic E-state index is 5.88. The van der Waals surface area contributed by atoms with Gasteiger partial charge in [0.25, 0.3) is 0 Å². The summed E-state index contributed by atoms with van der Waals surface area (Å²) in [5.74, 6) is 0.943. The van der Waals surface area contributed by atoms with Crippen LogP contribution >= 0.6 is 11.3 Å². The number of nitrogens with two attached hydrogens (primary N) is 1. The minimum absolute atomic E-state index is 0.315. The van der Waals surface area contributed by atoms with E-state index in [9.17, 15) is 0 Å². The summed E-state index contributed by atoms with van der Waals surface area (Å²) < 4.78 is 1.88. The maximum Gasteiger partial charge on any atom is 0.234 e. The SMILES string of the molecule is CCc1nnc2sc(CC3(CN)CCC3)nn12. The molecule has 0 spiro atoms. The van der Waals surface area contributed by atoms with Gasteiger partial charge in [-0.15, -0.1) is 10.2 Å². The standard InChI is InChI=1S/C11H17N5S/c1-2-8-13-14-10-16(8)15-9(17-10)6-11(7-12)4-3-5-11/h2-7,12H2,1H3. The molecule has 0 atom stereocenters. The van der Waals surface area contributed by atoms with E-state index in [1.165, 1.54) is 19.3 Å². The van der Waals surface area contributed by atoms with E-state index < -0.39 is 0 Å². The van der Waals surface area contributed by atoms with E-state index in [-0.39, 0.29) is 0 Å². The van der Waals surface area contributed by atoms with Gasteiger partial charge in [0.05, 0.1) is 0 Å². The minimum Gasteiger partial charge on any atom is -0.330 e. The number of rotatable bonds is 4. The molecule has 1 aliphatic rings. The van der Waals surface area contributed by atoms with Crippen molar-refractivity contribution in [2.45, 2.75) is 39.0 Å². The normalized spacial score (nSPS) is 18.5. The summed E-state index contributed by atoms with van der Waals surface area (Å²) >= 11 is 1.65. The van der Waals surface area contributed by atoms with E-state index in [1.54, 1.807) is 11.3 Å². The van der Waals surface area contributed by atoms with Gasteiger partial charge in [-0.05, 0) is 24.8 Å². The molecule has 0 aliphatic heterocycles. The minimum atomic E-state index is 0.315. The van der Waals surface area contributed by atoms with Crippen LogP contribution in [0.2, 0.25) is 0 Å². The lowest BCUT2D eigenvalue weighted by Gasteiger charge is -2.40. The Balaban J connectivity index is 1.88. The van der Waals surface area contributed by atoms with Crippen LogP contribution in [0.1, 0.15) is 37.0 Å². The van der Waals surface area contributed by atoms with E-state index in [2.05, 4.69) is 22.2 Å². The van der Waals surface area contributed by atoms with Crippen molar-refractivity contribution in [2.24, 2.45) is 11.1 Å². The fourth-order valence-electron chi connectivity index (χ4n) is 2.44. The van der Waals surface area contributed by atoms with E-state index in [0.717, 1.165) is 35.2 Å². The van der Waals surface area contributed by atoms with Gasteiger partial charge in [0, 0.05) is 12.8 Å². The Kier molecular flexibility index (Phi) is 2.63. The molecule has 0 bridgehead atoms. The summed E-state index contributed by atoms with van der Waals surface area (Å²) in [5.41, 5.74) is 6.20. The number of aryl methyl sites for hydroxylation is 1. The van der Waals surface area contributed by atoms with Gasteiger partial charge in [0.1, 0.15) is 5.01 Å². The smallest absolute Gasteiger partial charge is 0.234 e. The summed E-state index contributed by atoms with van der Waals surface area (Å²) in [6, 6.07) is 0. The zero-order valence-electron chi connectivity index (χ0n) is 10.0. The Bertz CT molecular complexity index is 519. The molecule has 0 saturated heterocycles. The predicted molar refractivity (Wildman–Crippen MR) is 67.1 cm³/mol. The number of hydrogen-bond acceptors (Lipinski definition) is 5. The Morgan fingerprint density at radius 3 is 2.82 bits per heavy atom. The van der Waals surface area contributed by atoms with Crippen molar-refractivity contribution in [3.8, 4) is 0 Å². The van der Waals surface area contributed by atoms with Crippen LogP contribution in [0.3, 0.4) is 0 Å². The highest BCUT2D eigenvalue weighted by molar-refractivity contribution is 7.16. The summed E-state index contributed by atoms with van der Waals surface area (Å²) in [4.78, 5) is 0.906. The molecule has 1 aliphatic carbocycles. The largest absolute Gasteiger partial charge is 0.330 e. The van der Waals surface area contributed by atoms with Gasteiger partial charge in [0.2, 0.25) is 4.96 Å². The molecule has 3 rings (SSSR count). The highest BCUT2D eigenvalue weighted by atomic mass is 32.1. The van der Waals surface area contributed by atoms with Crippen LogP contribution in [0, 0.1) is 5.41 Å². The van der Waals surface area contributed by atoms with E-state index in [4.69, 9.17) is 5.73 Å². The molecule has 92 valence electrons. The fraction of sp³-hybridized carbons (Fsp3) is 0.727. The lowest BCUT2D eigenvalue weighted by Crippen LogP contribution is -2.39. The molecule has 2 N–H and O–H groups in total. The van der Waals surface area contributed by atoms with Crippen LogP contribution in [-0.2, 0) is 12.8 Å². The Hall–Kier alpha value is -1.01. The molecule has 6 heteroatoms. The summed E-state index contributed by atoms with van der Waals surface area (Å²) in [5, 5.41) is 14.0. The molecule has 5 nitrogen and oxygen atoms in total. The monoisotopic (exact) mass is 251 g/mol. The van der Waals surface area contributed by atoms with Crippen LogP contribution in [-0.4, -0.2) is 26.4 Å². The molecule has 2 aromatic rings. The molecule has 0 unspecified atom stereocenters. The Labute approximate surface area is 104 Å². The van der Waals surface area contributed by atoms with Crippen molar-refractivity contribution in [3.05, 3.63) is 10.8 Å². The number of hydrogen-bond donors (Lipinski definition) is 1. The lowest BCUT2D eigenvalue weighted by atomic mass is 9.67. The topological polar surface area (TPSA) is 69.1 Å². The number of fused-ring (bicyclic) bond motifs is 1. The van der Waals surface area contributed by atoms with Crippen molar-refractivity contribution in [2.75, 3.05) is 6.54 Å². The second kappa shape index (κ2) is 4.03. The molecule has 1 saturated carbocycles. The quantitative estimate of drug-likeness (QED) is 0.892. The first-order chi connectivity index (χ1) is 8.26. The van der Waals surface area contributed by atoms with Gasteiger partial charge in [-0.25, -0.2) is 0 Å². The van der Waals surface area contributed by atoms with Gasteiger partial charge < -0.3 is 5.73 Å².